The zero-order chi connectivity index (χ0) is 32.2. The van der Waals surface area contributed by atoms with E-state index in [1.54, 1.807) is 12.1 Å². The van der Waals surface area contributed by atoms with Gasteiger partial charge in [0, 0.05) is 6.54 Å². The Hall–Kier alpha value is -2.76. The van der Waals surface area contributed by atoms with Crippen molar-refractivity contribution in [3.05, 3.63) is 29.8 Å². The van der Waals surface area contributed by atoms with Crippen molar-refractivity contribution in [2.45, 2.75) is 74.5 Å². The van der Waals surface area contributed by atoms with E-state index >= 15 is 0 Å². The van der Waals surface area contributed by atoms with E-state index in [0.29, 0.717) is 11.3 Å². The molecule has 246 valence electrons. The quantitative estimate of drug-likeness (QED) is 0.241. The molecule has 1 fully saturated rings. The van der Waals surface area contributed by atoms with E-state index in [1.165, 1.54) is 40.0 Å². The van der Waals surface area contributed by atoms with Crippen LogP contribution < -0.4 is 21.1 Å². The van der Waals surface area contributed by atoms with Crippen LogP contribution in [0, 0.1) is 5.92 Å². The van der Waals surface area contributed by atoms with E-state index < -0.39 is 100 Å². The summed E-state index contributed by atoms with van der Waals surface area (Å²) in [6, 6.07) is 1.62. The Morgan fingerprint density at radius 3 is 2.14 bits per heavy atom. The lowest BCUT2D eigenvalue weighted by Gasteiger charge is -2.34. The van der Waals surface area contributed by atoms with Crippen molar-refractivity contribution >= 4 is 40.0 Å². The number of rotatable bonds is 12. The second-order valence-corrected chi connectivity index (χ2v) is 12.7. The van der Waals surface area contributed by atoms with Gasteiger partial charge in [-0.2, -0.15) is 22.0 Å². The molecule has 1 heterocycles. The van der Waals surface area contributed by atoms with Gasteiger partial charge in [0.2, 0.25) is 11.8 Å². The third-order valence-corrected chi connectivity index (χ3v) is 8.86. The Bertz CT molecular complexity index is 1230. The van der Waals surface area contributed by atoms with E-state index in [0.717, 1.165) is 10.2 Å². The van der Waals surface area contributed by atoms with Crippen molar-refractivity contribution < 1.29 is 54.6 Å². The maximum Gasteiger partial charge on any atom is 0.405 e. The molecule has 11 nitrogen and oxygen atoms in total. The lowest BCUT2D eigenvalue weighted by atomic mass is 9.93. The summed E-state index contributed by atoms with van der Waals surface area (Å²) in [4.78, 5) is 38.8. The number of benzene rings is 1. The van der Waals surface area contributed by atoms with Crippen molar-refractivity contribution in [1.82, 2.24) is 15.5 Å². The summed E-state index contributed by atoms with van der Waals surface area (Å²) in [5.41, 5.74) is 6.09. The van der Waals surface area contributed by atoms with Crippen molar-refractivity contribution in [2.24, 2.45) is 11.7 Å². The molecule has 0 unspecified atom stereocenters. The Morgan fingerprint density at radius 2 is 1.67 bits per heavy atom. The first kappa shape index (κ1) is 38.3. The standard InChI is InChI=1S/C25H35F5N4O7S.ClH/c1-13(2)19(20(35)25(29,30)23(38)32-12-24(26,27)28)33-21(36)18-9-17(10-34(18)22(37)14(3)31)42(39,40)11-15-5-7-16(41-4)8-6-15;/h5-8,13-14,17-20,35H,9-12,31H2,1-4H3,(H,32,38)(H,33,36);1H/t14-,17+,18-,19-,20+;/m0./s1. The van der Waals surface area contributed by atoms with E-state index in [2.05, 4.69) is 5.32 Å². The predicted octanol–water partition coefficient (Wildman–Crippen LogP) is 1.16. The minimum Gasteiger partial charge on any atom is -0.497 e. The van der Waals surface area contributed by atoms with Crippen LogP contribution in [0.2, 0.25) is 0 Å². The molecule has 0 spiro atoms. The highest BCUT2D eigenvalue weighted by atomic mass is 35.5. The average molecular weight is 667 g/mol. The minimum atomic E-state index is -4.99. The van der Waals surface area contributed by atoms with Gasteiger partial charge >= 0.3 is 12.1 Å². The number of hydrogen-bond donors (Lipinski definition) is 4. The molecule has 1 aromatic rings. The number of methoxy groups -OCH3 is 1. The number of ether oxygens (including phenoxy) is 1. The number of nitrogens with zero attached hydrogens (tertiary/aromatic N) is 1. The van der Waals surface area contributed by atoms with Crippen molar-refractivity contribution in [3.8, 4) is 5.75 Å². The smallest absolute Gasteiger partial charge is 0.405 e. The number of carbonyl (C=O) groups is 3. The normalized spacial score (nSPS) is 19.7. The maximum absolute atomic E-state index is 14.7. The number of amides is 3. The molecule has 2 rings (SSSR count). The molecule has 1 aliphatic heterocycles. The number of hydrogen-bond acceptors (Lipinski definition) is 8. The van der Waals surface area contributed by atoms with Gasteiger partial charge in [0.15, 0.2) is 9.84 Å². The summed E-state index contributed by atoms with van der Waals surface area (Å²) in [7, 11) is -2.54. The lowest BCUT2D eigenvalue weighted by molar-refractivity contribution is -0.175. The molecule has 1 aromatic carbocycles. The highest BCUT2D eigenvalue weighted by Gasteiger charge is 2.53. The van der Waals surface area contributed by atoms with Gasteiger partial charge in [-0.15, -0.1) is 12.4 Å². The number of likely N-dealkylation sites (tertiary alicyclic amines) is 1. The summed E-state index contributed by atoms with van der Waals surface area (Å²) in [6.07, 6.45) is -8.39. The van der Waals surface area contributed by atoms with E-state index in [-0.39, 0.29) is 12.4 Å². The van der Waals surface area contributed by atoms with Crippen LogP contribution >= 0.6 is 12.4 Å². The molecule has 0 bridgehead atoms. The number of halogens is 6. The first-order chi connectivity index (χ1) is 19.2. The van der Waals surface area contributed by atoms with Crippen LogP contribution in [-0.2, 0) is 30.0 Å². The summed E-state index contributed by atoms with van der Waals surface area (Å²) >= 11 is 0. The van der Waals surface area contributed by atoms with Gasteiger partial charge in [-0.3, -0.25) is 14.4 Å². The van der Waals surface area contributed by atoms with Gasteiger partial charge in [0.05, 0.1) is 30.2 Å². The number of nitrogens with two attached hydrogens (primary N) is 1. The molecule has 0 aromatic heterocycles. The molecular formula is C25H36ClF5N4O7S. The largest absolute Gasteiger partial charge is 0.497 e. The molecule has 3 amide bonds. The number of carbonyl (C=O) groups excluding carboxylic acids is 3. The van der Waals surface area contributed by atoms with Crippen LogP contribution in [0.15, 0.2) is 24.3 Å². The molecule has 1 aliphatic rings. The third kappa shape index (κ3) is 9.87. The highest BCUT2D eigenvalue weighted by molar-refractivity contribution is 7.91. The molecule has 18 heteroatoms. The fourth-order valence-corrected chi connectivity index (χ4v) is 6.17. The van der Waals surface area contributed by atoms with E-state index in [1.807, 2.05) is 0 Å². The zero-order valence-electron chi connectivity index (χ0n) is 23.7. The van der Waals surface area contributed by atoms with Gasteiger partial charge < -0.3 is 31.1 Å². The van der Waals surface area contributed by atoms with Crippen LogP contribution in [-0.4, -0.2) is 97.9 Å². The summed E-state index contributed by atoms with van der Waals surface area (Å²) in [5, 5.41) is 12.2. The molecule has 0 aliphatic carbocycles. The number of aliphatic hydroxyl groups excluding tert-OH is 1. The molecule has 0 radical (unpaired) electrons. The molecular weight excluding hydrogens is 631 g/mol. The Balaban J connectivity index is 0.00000924. The van der Waals surface area contributed by atoms with Crippen molar-refractivity contribution in [2.75, 3.05) is 20.2 Å². The molecule has 0 saturated carbocycles. The van der Waals surface area contributed by atoms with Gasteiger partial charge in [-0.05, 0) is 37.0 Å². The SMILES string of the molecule is COc1ccc(CS(=O)(=O)[C@@H]2C[C@@H](C(=O)N[C@@H](C(C)C)[C@@H](O)C(F)(F)C(=O)NCC(F)(F)F)N(C(=O)[C@H](C)N)C2)cc1.Cl. The number of sulfone groups is 1. The second-order valence-electron chi connectivity index (χ2n) is 10.5. The average Bonchev–Trinajstić information content (AvgIpc) is 3.35. The summed E-state index contributed by atoms with van der Waals surface area (Å²) < 4.78 is 98.0. The van der Waals surface area contributed by atoms with Crippen molar-refractivity contribution in [1.29, 1.82) is 0 Å². The fraction of sp³-hybridized carbons (Fsp3) is 0.640. The molecule has 5 atom stereocenters. The predicted molar refractivity (Wildman–Crippen MR) is 147 cm³/mol. The molecule has 43 heavy (non-hydrogen) atoms. The van der Waals surface area contributed by atoms with E-state index in [4.69, 9.17) is 10.5 Å². The fourth-order valence-electron chi connectivity index (χ4n) is 4.41. The zero-order valence-corrected chi connectivity index (χ0v) is 25.4. The topological polar surface area (TPSA) is 168 Å². The van der Waals surface area contributed by atoms with Gasteiger partial charge in [0.25, 0.3) is 5.91 Å². The van der Waals surface area contributed by atoms with Crippen LogP contribution in [0.4, 0.5) is 22.0 Å². The van der Waals surface area contributed by atoms with Crippen LogP contribution in [0.5, 0.6) is 5.75 Å². The van der Waals surface area contributed by atoms with Gasteiger partial charge in [-0.25, -0.2) is 8.42 Å². The number of alkyl halides is 5. The Kier molecular flexibility index (Phi) is 13.2. The van der Waals surface area contributed by atoms with Crippen molar-refractivity contribution in [3.63, 3.8) is 0 Å². The third-order valence-electron chi connectivity index (χ3n) is 6.76. The van der Waals surface area contributed by atoms with Gasteiger partial charge in [-0.1, -0.05) is 26.0 Å². The second kappa shape index (κ2) is 14.8. The maximum atomic E-state index is 14.7. The van der Waals surface area contributed by atoms with Crippen LogP contribution in [0.1, 0.15) is 32.8 Å². The first-order valence-electron chi connectivity index (χ1n) is 12.8. The summed E-state index contributed by atoms with van der Waals surface area (Å²) in [5.74, 6) is -10.0. The van der Waals surface area contributed by atoms with Crippen LogP contribution in [0.3, 0.4) is 0 Å². The lowest BCUT2D eigenvalue weighted by Crippen LogP contribution is -2.61. The number of aliphatic hydroxyl groups is 1. The molecule has 1 saturated heterocycles. The monoisotopic (exact) mass is 666 g/mol. The molecule has 5 N–H and O–H groups in total. The number of nitrogens with one attached hydrogen (secondary N) is 2. The van der Waals surface area contributed by atoms with E-state index in [9.17, 15) is 49.9 Å². The first-order valence-corrected chi connectivity index (χ1v) is 14.5. The summed E-state index contributed by atoms with van der Waals surface area (Å²) in [6.45, 7) is 1.38. The Morgan fingerprint density at radius 1 is 1.12 bits per heavy atom. The minimum absolute atomic E-state index is 0. The highest BCUT2D eigenvalue weighted by Crippen LogP contribution is 2.29. The van der Waals surface area contributed by atoms with Gasteiger partial charge in [0.1, 0.15) is 24.4 Å². The Labute approximate surface area is 252 Å². The van der Waals surface area contributed by atoms with Crippen LogP contribution in [0.25, 0.3) is 0 Å².